The zero-order valence-electron chi connectivity index (χ0n) is 14.9. The molecule has 0 spiro atoms. The fourth-order valence-corrected chi connectivity index (χ4v) is 3.55. The van der Waals surface area contributed by atoms with Gasteiger partial charge in [-0.05, 0) is 36.4 Å². The van der Waals surface area contributed by atoms with Crippen molar-refractivity contribution in [2.24, 2.45) is 0 Å². The predicted molar refractivity (Wildman–Crippen MR) is 106 cm³/mol. The lowest BCUT2D eigenvalue weighted by Crippen LogP contribution is -2.29. The molecule has 29 heavy (non-hydrogen) atoms. The van der Waals surface area contributed by atoms with Crippen LogP contribution in [0.25, 0.3) is 22.3 Å². The van der Waals surface area contributed by atoms with Gasteiger partial charge in [0, 0.05) is 11.6 Å². The Bertz CT molecular complexity index is 1300. The highest BCUT2D eigenvalue weighted by molar-refractivity contribution is 7.00. The molecule has 1 N–H and O–H groups in total. The van der Waals surface area contributed by atoms with Gasteiger partial charge in [-0.2, -0.15) is 13.8 Å². The quantitative estimate of drug-likeness (QED) is 0.553. The van der Waals surface area contributed by atoms with Gasteiger partial charge in [0.15, 0.2) is 11.5 Å². The number of carbonyl (C=O) groups is 1. The second-order valence-electron chi connectivity index (χ2n) is 6.27. The molecule has 0 saturated carbocycles. The van der Waals surface area contributed by atoms with Crippen LogP contribution in [0.15, 0.2) is 53.3 Å². The third-order valence-electron chi connectivity index (χ3n) is 4.39. The van der Waals surface area contributed by atoms with Crippen molar-refractivity contribution in [1.29, 1.82) is 0 Å². The van der Waals surface area contributed by atoms with E-state index in [0.717, 1.165) is 22.0 Å². The molecule has 144 valence electrons. The highest BCUT2D eigenvalue weighted by Gasteiger charge is 2.16. The van der Waals surface area contributed by atoms with E-state index in [4.69, 9.17) is 9.47 Å². The molecular formula is C19H13N5O4S. The number of nitrogens with one attached hydrogen (secondary N) is 1. The number of benzene rings is 2. The fraction of sp³-hybridized carbons (Fsp3) is 0.105. The Morgan fingerprint density at radius 3 is 2.93 bits per heavy atom. The molecule has 0 atom stereocenters. The van der Waals surface area contributed by atoms with Crippen LogP contribution in [0.3, 0.4) is 0 Å². The normalized spacial score (nSPS) is 12.3. The summed E-state index contributed by atoms with van der Waals surface area (Å²) in [6, 6.07) is 13.7. The average molecular weight is 407 g/mol. The largest absolute Gasteiger partial charge is 0.454 e. The Kier molecular flexibility index (Phi) is 4.17. The SMILES string of the molecule is O=C(Cn1nc(-c2ccc3c(c2)OCO3)ccc1=O)Nc1cccc2nsnc12. The highest BCUT2D eigenvalue weighted by atomic mass is 32.1. The number of carbonyl (C=O) groups excluding carboxylic acids is 1. The molecule has 1 aliphatic heterocycles. The topological polar surface area (TPSA) is 108 Å². The van der Waals surface area contributed by atoms with Crippen LogP contribution < -0.4 is 20.3 Å². The van der Waals surface area contributed by atoms with E-state index in [1.165, 1.54) is 6.07 Å². The summed E-state index contributed by atoms with van der Waals surface area (Å²) < 4.78 is 20.1. The molecule has 0 saturated heterocycles. The minimum absolute atomic E-state index is 0.174. The molecule has 0 fully saturated rings. The van der Waals surface area contributed by atoms with Crippen LogP contribution in [-0.2, 0) is 11.3 Å². The van der Waals surface area contributed by atoms with Gasteiger partial charge in [0.2, 0.25) is 12.7 Å². The molecule has 0 unspecified atom stereocenters. The van der Waals surface area contributed by atoms with Crippen LogP contribution in [-0.4, -0.2) is 31.2 Å². The summed E-state index contributed by atoms with van der Waals surface area (Å²) in [6.45, 7) is -0.0572. The van der Waals surface area contributed by atoms with Gasteiger partial charge < -0.3 is 14.8 Å². The molecule has 1 amide bonds. The first kappa shape index (κ1) is 17.3. The summed E-state index contributed by atoms with van der Waals surface area (Å²) in [5.41, 5.74) is 2.77. The van der Waals surface area contributed by atoms with Crippen molar-refractivity contribution in [2.75, 3.05) is 12.1 Å². The Hall–Kier alpha value is -3.79. The molecule has 9 nitrogen and oxygen atoms in total. The second-order valence-corrected chi connectivity index (χ2v) is 6.80. The maximum atomic E-state index is 12.5. The fourth-order valence-electron chi connectivity index (χ4n) is 3.00. The predicted octanol–water partition coefficient (Wildman–Crippen LogP) is 2.28. The van der Waals surface area contributed by atoms with Crippen LogP contribution in [0.2, 0.25) is 0 Å². The van der Waals surface area contributed by atoms with Crippen LogP contribution in [0.1, 0.15) is 0 Å². The van der Waals surface area contributed by atoms with Crippen LogP contribution >= 0.6 is 11.7 Å². The molecule has 0 aliphatic carbocycles. The highest BCUT2D eigenvalue weighted by Crippen LogP contribution is 2.35. The van der Waals surface area contributed by atoms with E-state index in [2.05, 4.69) is 19.2 Å². The van der Waals surface area contributed by atoms with Gasteiger partial charge in [-0.3, -0.25) is 9.59 Å². The molecular weight excluding hydrogens is 394 g/mol. The summed E-state index contributed by atoms with van der Waals surface area (Å²) in [5, 5.41) is 7.09. The van der Waals surface area contributed by atoms with Gasteiger partial charge in [0.05, 0.1) is 23.1 Å². The number of ether oxygens (including phenoxy) is 2. The molecule has 4 aromatic rings. The maximum Gasteiger partial charge on any atom is 0.267 e. The Labute approximate surface area is 167 Å². The van der Waals surface area contributed by atoms with Crippen molar-refractivity contribution in [1.82, 2.24) is 18.5 Å². The number of rotatable bonds is 4. The summed E-state index contributed by atoms with van der Waals surface area (Å²) in [5.74, 6) is 0.889. The van der Waals surface area contributed by atoms with Gasteiger partial charge >= 0.3 is 0 Å². The number of fused-ring (bicyclic) bond motifs is 2. The van der Waals surface area contributed by atoms with Gasteiger partial charge in [-0.25, -0.2) is 4.68 Å². The standard InChI is InChI=1S/C19H13N5O4S/c25-17(20-13-2-1-3-14-19(13)23-29-22-14)9-24-18(26)7-5-12(21-24)11-4-6-15-16(8-11)28-10-27-15/h1-8H,9-10H2,(H,20,25). The Balaban J connectivity index is 1.40. The molecule has 1 aliphatic rings. The minimum atomic E-state index is -0.386. The monoisotopic (exact) mass is 407 g/mol. The van der Waals surface area contributed by atoms with Gasteiger partial charge in [0.25, 0.3) is 5.56 Å². The first-order valence-corrected chi connectivity index (χ1v) is 9.40. The first-order valence-electron chi connectivity index (χ1n) is 8.67. The van der Waals surface area contributed by atoms with E-state index in [1.807, 2.05) is 12.1 Å². The maximum absolute atomic E-state index is 12.5. The Morgan fingerprint density at radius 1 is 1.10 bits per heavy atom. The lowest BCUT2D eigenvalue weighted by molar-refractivity contribution is -0.117. The molecule has 0 radical (unpaired) electrons. The first-order chi connectivity index (χ1) is 14.2. The molecule has 3 heterocycles. The average Bonchev–Trinajstić information content (AvgIpc) is 3.38. The number of aromatic nitrogens is 4. The summed E-state index contributed by atoms with van der Waals surface area (Å²) in [4.78, 5) is 24.7. The van der Waals surface area contributed by atoms with Gasteiger partial charge in [0.1, 0.15) is 17.6 Å². The van der Waals surface area contributed by atoms with Crippen molar-refractivity contribution < 1.29 is 14.3 Å². The molecule has 5 rings (SSSR count). The van der Waals surface area contributed by atoms with E-state index < -0.39 is 0 Å². The third-order valence-corrected chi connectivity index (χ3v) is 4.93. The van der Waals surface area contributed by atoms with E-state index in [-0.39, 0.29) is 24.8 Å². The zero-order chi connectivity index (χ0) is 19.8. The molecule has 10 heteroatoms. The van der Waals surface area contributed by atoms with Crippen molar-refractivity contribution >= 4 is 34.4 Å². The minimum Gasteiger partial charge on any atom is -0.454 e. The number of nitrogens with zero attached hydrogens (tertiary/aromatic N) is 4. The van der Waals surface area contributed by atoms with Gasteiger partial charge in [-0.15, -0.1) is 0 Å². The smallest absolute Gasteiger partial charge is 0.267 e. The number of hydrogen-bond donors (Lipinski definition) is 1. The van der Waals surface area contributed by atoms with Crippen molar-refractivity contribution in [3.05, 3.63) is 58.9 Å². The lowest BCUT2D eigenvalue weighted by atomic mass is 10.1. The van der Waals surface area contributed by atoms with Gasteiger partial charge in [-0.1, -0.05) is 6.07 Å². The van der Waals surface area contributed by atoms with E-state index >= 15 is 0 Å². The van der Waals surface area contributed by atoms with Crippen LogP contribution in [0.5, 0.6) is 11.5 Å². The van der Waals surface area contributed by atoms with Crippen molar-refractivity contribution in [3.8, 4) is 22.8 Å². The van der Waals surface area contributed by atoms with E-state index in [1.54, 1.807) is 30.3 Å². The van der Waals surface area contributed by atoms with Crippen LogP contribution in [0, 0.1) is 0 Å². The molecule has 2 aromatic carbocycles. The molecule has 0 bridgehead atoms. The lowest BCUT2D eigenvalue weighted by Gasteiger charge is -2.09. The Morgan fingerprint density at radius 2 is 2.00 bits per heavy atom. The number of anilines is 1. The zero-order valence-corrected chi connectivity index (χ0v) is 15.7. The van der Waals surface area contributed by atoms with Crippen molar-refractivity contribution in [3.63, 3.8) is 0 Å². The summed E-state index contributed by atoms with van der Waals surface area (Å²) in [7, 11) is 0. The van der Waals surface area contributed by atoms with E-state index in [9.17, 15) is 9.59 Å². The second kappa shape index (κ2) is 6.99. The third kappa shape index (κ3) is 3.29. The number of hydrogen-bond acceptors (Lipinski definition) is 8. The van der Waals surface area contributed by atoms with Crippen LogP contribution in [0.4, 0.5) is 5.69 Å². The van der Waals surface area contributed by atoms with Crippen molar-refractivity contribution in [2.45, 2.75) is 6.54 Å². The van der Waals surface area contributed by atoms with E-state index in [0.29, 0.717) is 33.9 Å². The summed E-state index contributed by atoms with van der Waals surface area (Å²) >= 11 is 1.07. The summed E-state index contributed by atoms with van der Waals surface area (Å²) in [6.07, 6.45) is 0. The number of amides is 1. The molecule has 2 aromatic heterocycles.